The van der Waals surface area contributed by atoms with E-state index in [1.807, 2.05) is 19.2 Å². The molecule has 0 aliphatic carbocycles. The topological polar surface area (TPSA) is 51.8 Å². The van der Waals surface area contributed by atoms with Crippen molar-refractivity contribution in [2.24, 2.45) is 0 Å². The molecule has 0 aromatic carbocycles. The molecule has 2 aromatic heterocycles. The molecule has 0 saturated carbocycles. The molecule has 0 fully saturated rings. The Bertz CT molecular complexity index is 342. The van der Waals surface area contributed by atoms with E-state index in [1.165, 1.54) is 11.3 Å². The molecule has 5 heteroatoms. The Morgan fingerprint density at radius 1 is 1.31 bits per heavy atom. The zero-order chi connectivity index (χ0) is 9.68. The Kier molecular flexibility index (Phi) is 3.57. The molecular weight excluding hydrogens is 186 g/mol. The molecule has 2 aromatic rings. The smallest absolute Gasteiger partial charge is 0.276 e. The van der Waals surface area contributed by atoms with Crippen molar-refractivity contribution >= 4 is 11.3 Å². The van der Waals surface area contributed by atoms with Gasteiger partial charge in [-0.05, 0) is 0 Å². The summed E-state index contributed by atoms with van der Waals surface area (Å²) in [5.41, 5.74) is 0. The molecule has 0 radical (unpaired) electrons. The van der Waals surface area contributed by atoms with Crippen molar-refractivity contribution in [2.75, 3.05) is 0 Å². The molecule has 0 aliphatic heterocycles. The summed E-state index contributed by atoms with van der Waals surface area (Å²) in [6.07, 6.45) is 1.71. The van der Waals surface area contributed by atoms with E-state index in [4.69, 9.17) is 4.42 Å². The van der Waals surface area contributed by atoms with Crippen LogP contribution in [0.1, 0.15) is 19.7 Å². The normalized spacial score (nSPS) is 9.15. The molecule has 0 aliphatic rings. The van der Waals surface area contributed by atoms with Gasteiger partial charge in [-0.2, -0.15) is 0 Å². The lowest BCUT2D eigenvalue weighted by Crippen LogP contribution is -1.73. The van der Waals surface area contributed by atoms with E-state index < -0.39 is 0 Å². The first-order valence-electron chi connectivity index (χ1n) is 4.06. The van der Waals surface area contributed by atoms with Crippen LogP contribution >= 0.6 is 11.3 Å². The molecule has 4 nitrogen and oxygen atoms in total. The fraction of sp³-hybridized carbons (Fsp3) is 0.375. The first-order chi connectivity index (χ1) is 6.36. The highest BCUT2D eigenvalue weighted by Gasteiger charge is 2.06. The number of aryl methyl sites for hydroxylation is 1. The van der Waals surface area contributed by atoms with E-state index in [1.54, 1.807) is 13.1 Å². The predicted octanol–water partition coefficient (Wildman–Crippen LogP) is 2.53. The van der Waals surface area contributed by atoms with Gasteiger partial charge in [-0.25, -0.2) is 4.98 Å². The van der Waals surface area contributed by atoms with Crippen LogP contribution in [0.4, 0.5) is 0 Å². The lowest BCUT2D eigenvalue weighted by Gasteiger charge is -1.81. The molecule has 70 valence electrons. The van der Waals surface area contributed by atoms with Crippen molar-refractivity contribution in [3.63, 3.8) is 0 Å². The number of nitrogens with zero attached hydrogens (tertiary/aromatic N) is 3. The summed E-state index contributed by atoms with van der Waals surface area (Å²) < 4.78 is 5.15. The molecule has 0 bridgehead atoms. The van der Waals surface area contributed by atoms with E-state index in [-0.39, 0.29) is 0 Å². The summed E-state index contributed by atoms with van der Waals surface area (Å²) in [5.74, 6) is 1.06. The van der Waals surface area contributed by atoms with Crippen LogP contribution in [0, 0.1) is 6.92 Å². The van der Waals surface area contributed by atoms with Crippen LogP contribution in [0.25, 0.3) is 10.9 Å². The molecule has 0 N–H and O–H groups in total. The minimum atomic E-state index is 0.498. The first kappa shape index (κ1) is 9.85. The van der Waals surface area contributed by atoms with Gasteiger partial charge in [0.15, 0.2) is 5.01 Å². The number of thiazole rings is 1. The summed E-state index contributed by atoms with van der Waals surface area (Å²) >= 11 is 1.48. The van der Waals surface area contributed by atoms with Crippen LogP contribution in [-0.4, -0.2) is 15.2 Å². The van der Waals surface area contributed by atoms with Gasteiger partial charge in [0.05, 0.1) is 0 Å². The fourth-order valence-corrected chi connectivity index (χ4v) is 1.27. The number of aromatic nitrogens is 3. The maximum Gasteiger partial charge on any atom is 0.276 e. The standard InChI is InChI=1S/C6H5N3OS.C2H6/c1-4-8-9-5(10-4)6-7-2-3-11-6;1-2/h2-3H,1H3;1-2H3. The third-order valence-electron chi connectivity index (χ3n) is 1.14. The van der Waals surface area contributed by atoms with E-state index in [9.17, 15) is 0 Å². The summed E-state index contributed by atoms with van der Waals surface area (Å²) in [4.78, 5) is 4.02. The van der Waals surface area contributed by atoms with Crippen LogP contribution in [0.5, 0.6) is 0 Å². The van der Waals surface area contributed by atoms with Gasteiger partial charge in [-0.15, -0.1) is 21.5 Å². The second kappa shape index (κ2) is 4.71. The lowest BCUT2D eigenvalue weighted by molar-refractivity contribution is 0.532. The summed E-state index contributed by atoms with van der Waals surface area (Å²) in [7, 11) is 0. The quantitative estimate of drug-likeness (QED) is 0.705. The summed E-state index contributed by atoms with van der Waals surface area (Å²) in [6, 6.07) is 0. The number of hydrogen-bond donors (Lipinski definition) is 0. The molecule has 0 amide bonds. The Labute approximate surface area is 80.7 Å². The van der Waals surface area contributed by atoms with E-state index >= 15 is 0 Å². The third-order valence-corrected chi connectivity index (χ3v) is 1.90. The minimum Gasteiger partial charge on any atom is -0.419 e. The van der Waals surface area contributed by atoms with E-state index in [0.29, 0.717) is 11.8 Å². The first-order valence-corrected chi connectivity index (χ1v) is 4.94. The zero-order valence-corrected chi connectivity index (χ0v) is 8.63. The van der Waals surface area contributed by atoms with Crippen molar-refractivity contribution < 1.29 is 4.42 Å². The Morgan fingerprint density at radius 3 is 2.54 bits per heavy atom. The largest absolute Gasteiger partial charge is 0.419 e. The molecular formula is C8H11N3OS. The van der Waals surface area contributed by atoms with Crippen LogP contribution < -0.4 is 0 Å². The predicted molar refractivity (Wildman–Crippen MR) is 51.5 cm³/mol. The van der Waals surface area contributed by atoms with Gasteiger partial charge in [0.1, 0.15) is 0 Å². The highest BCUT2D eigenvalue weighted by Crippen LogP contribution is 2.18. The zero-order valence-electron chi connectivity index (χ0n) is 7.81. The highest BCUT2D eigenvalue weighted by molar-refractivity contribution is 7.12. The van der Waals surface area contributed by atoms with Gasteiger partial charge in [-0.1, -0.05) is 13.8 Å². The maximum atomic E-state index is 5.15. The molecule has 0 unspecified atom stereocenters. The van der Waals surface area contributed by atoms with E-state index in [0.717, 1.165) is 5.01 Å². The van der Waals surface area contributed by atoms with Gasteiger partial charge in [0.25, 0.3) is 5.89 Å². The SMILES string of the molecule is CC.Cc1nnc(-c2nccs2)o1. The highest BCUT2D eigenvalue weighted by atomic mass is 32.1. The van der Waals surface area contributed by atoms with E-state index in [2.05, 4.69) is 15.2 Å². The Balaban J connectivity index is 0.000000396. The second-order valence-corrected chi connectivity index (χ2v) is 2.86. The van der Waals surface area contributed by atoms with Crippen molar-refractivity contribution in [3.05, 3.63) is 17.5 Å². The van der Waals surface area contributed by atoms with Crippen LogP contribution in [-0.2, 0) is 0 Å². The van der Waals surface area contributed by atoms with Gasteiger partial charge in [-0.3, -0.25) is 0 Å². The average molecular weight is 197 g/mol. The van der Waals surface area contributed by atoms with Crippen LogP contribution in [0.3, 0.4) is 0 Å². The van der Waals surface area contributed by atoms with Crippen molar-refractivity contribution in [3.8, 4) is 10.9 Å². The number of hydrogen-bond acceptors (Lipinski definition) is 5. The van der Waals surface area contributed by atoms with Crippen molar-refractivity contribution in [2.45, 2.75) is 20.8 Å². The molecule has 13 heavy (non-hydrogen) atoms. The van der Waals surface area contributed by atoms with Gasteiger partial charge in [0, 0.05) is 18.5 Å². The molecule has 0 spiro atoms. The van der Waals surface area contributed by atoms with Crippen LogP contribution in [0.15, 0.2) is 16.0 Å². The summed E-state index contributed by atoms with van der Waals surface area (Å²) in [6.45, 7) is 5.75. The monoisotopic (exact) mass is 197 g/mol. The molecule has 2 heterocycles. The number of rotatable bonds is 1. The molecule has 0 atom stereocenters. The Morgan fingerprint density at radius 2 is 2.08 bits per heavy atom. The molecule has 0 saturated heterocycles. The third kappa shape index (κ3) is 2.35. The van der Waals surface area contributed by atoms with Gasteiger partial charge in [0.2, 0.25) is 5.89 Å². The van der Waals surface area contributed by atoms with Crippen molar-refractivity contribution in [1.29, 1.82) is 0 Å². The van der Waals surface area contributed by atoms with Gasteiger partial charge >= 0.3 is 0 Å². The van der Waals surface area contributed by atoms with Crippen LogP contribution in [0.2, 0.25) is 0 Å². The van der Waals surface area contributed by atoms with Gasteiger partial charge < -0.3 is 4.42 Å². The van der Waals surface area contributed by atoms with Crippen molar-refractivity contribution in [1.82, 2.24) is 15.2 Å². The molecule has 2 rings (SSSR count). The minimum absolute atomic E-state index is 0.498. The maximum absolute atomic E-state index is 5.15. The Hall–Kier alpha value is -1.23. The lowest BCUT2D eigenvalue weighted by atomic mass is 10.7. The average Bonchev–Trinajstić information content (AvgIpc) is 2.77. The summed E-state index contributed by atoms with van der Waals surface area (Å²) in [5, 5.41) is 10.2. The second-order valence-electron chi connectivity index (χ2n) is 1.96. The fourth-order valence-electron chi connectivity index (χ4n) is 0.712.